The van der Waals surface area contributed by atoms with Crippen molar-refractivity contribution >= 4 is 45.8 Å². The SMILES string of the molecule is COC(=O)N[C@@H]1C(=O)N2[C@@H](C#CC1C)CC[C@H]2c1ncc(-c2ccc3c(c2)COc2cc4c(ccc5[nH]c([C@@H]6CC[C@H](C)N6C(=O)[C@@H](NC(=O)OC)[C@@H]6CCCOC6)nc54)cc2-3)[nH]1. The minimum Gasteiger partial charge on any atom is -0.488 e. The summed E-state index contributed by atoms with van der Waals surface area (Å²) < 4.78 is 21.9. The number of imidazole rings is 2. The second-order valence-corrected chi connectivity index (χ2v) is 17.3. The maximum Gasteiger partial charge on any atom is 0.407 e. The van der Waals surface area contributed by atoms with E-state index in [0.29, 0.717) is 44.3 Å². The highest BCUT2D eigenvalue weighted by Crippen LogP contribution is 2.44. The Kier molecular flexibility index (Phi) is 10.4. The van der Waals surface area contributed by atoms with E-state index in [0.717, 1.165) is 81.2 Å². The molecule has 3 saturated heterocycles. The second-order valence-electron chi connectivity index (χ2n) is 17.3. The number of ether oxygens (including phenoxy) is 4. The molecular weight excluding hydrogens is 805 g/mol. The van der Waals surface area contributed by atoms with Gasteiger partial charge in [0, 0.05) is 35.4 Å². The van der Waals surface area contributed by atoms with Crippen LogP contribution >= 0.6 is 0 Å². The Morgan fingerprint density at radius 3 is 2.57 bits per heavy atom. The Hall–Kier alpha value is -6.60. The average Bonchev–Trinajstić information content (AvgIpc) is 4.13. The van der Waals surface area contributed by atoms with Crippen molar-refractivity contribution in [3.05, 3.63) is 65.9 Å². The van der Waals surface area contributed by atoms with Crippen LogP contribution in [0.1, 0.15) is 81.7 Å². The first-order valence-electron chi connectivity index (χ1n) is 21.8. The zero-order chi connectivity index (χ0) is 43.5. The Morgan fingerprint density at radius 2 is 1.76 bits per heavy atom. The van der Waals surface area contributed by atoms with Crippen molar-refractivity contribution in [3.63, 3.8) is 0 Å². The van der Waals surface area contributed by atoms with E-state index < -0.39 is 24.3 Å². The number of nitrogens with zero attached hydrogens (tertiary/aromatic N) is 4. The van der Waals surface area contributed by atoms with Crippen LogP contribution in [0.15, 0.2) is 48.7 Å². The molecule has 0 bridgehead atoms. The molecule has 7 heterocycles. The number of likely N-dealkylation sites (tertiary alicyclic amines) is 1. The maximum absolute atomic E-state index is 14.4. The van der Waals surface area contributed by atoms with Crippen molar-refractivity contribution in [1.29, 1.82) is 0 Å². The molecule has 5 aliphatic heterocycles. The molecule has 0 radical (unpaired) electrons. The highest BCUT2D eigenvalue weighted by Gasteiger charge is 2.45. The molecule has 10 rings (SSSR count). The Balaban J connectivity index is 0.903. The molecule has 0 saturated carbocycles. The third kappa shape index (κ3) is 7.17. The van der Waals surface area contributed by atoms with Crippen LogP contribution in [0.5, 0.6) is 5.75 Å². The summed E-state index contributed by atoms with van der Waals surface area (Å²) in [6.07, 6.45) is 5.02. The van der Waals surface area contributed by atoms with Gasteiger partial charge in [0.15, 0.2) is 0 Å². The van der Waals surface area contributed by atoms with E-state index in [1.54, 1.807) is 11.1 Å². The Labute approximate surface area is 363 Å². The lowest BCUT2D eigenvalue weighted by molar-refractivity contribution is -0.139. The van der Waals surface area contributed by atoms with E-state index in [2.05, 4.69) is 68.8 Å². The lowest BCUT2D eigenvalue weighted by Gasteiger charge is -2.36. The Bertz CT molecular complexity index is 2710. The molecule has 16 heteroatoms. The first kappa shape index (κ1) is 40.5. The monoisotopic (exact) mass is 854 g/mol. The van der Waals surface area contributed by atoms with Gasteiger partial charge in [-0.25, -0.2) is 19.6 Å². The fourth-order valence-electron chi connectivity index (χ4n) is 10.3. The molecule has 5 aromatic rings. The van der Waals surface area contributed by atoms with Gasteiger partial charge in [-0.15, -0.1) is 0 Å². The van der Waals surface area contributed by atoms with E-state index in [9.17, 15) is 19.2 Å². The van der Waals surface area contributed by atoms with Crippen LogP contribution in [0, 0.1) is 23.7 Å². The number of carbonyl (C=O) groups excluding carboxylic acids is 4. The van der Waals surface area contributed by atoms with Crippen LogP contribution in [0.3, 0.4) is 0 Å². The van der Waals surface area contributed by atoms with E-state index in [1.165, 1.54) is 14.2 Å². The standard InChI is InChI=1S/C47H50N8O8/c1-24-7-11-30-12-16-36(55(30)44(56)39(24)52-46(58)60-3)42-48-21-35(50-42)27-9-13-31-29(18-27)23-63-38-20-32-26(19-33(31)38)10-14-34-41(32)51-43(49-34)37-15-8-25(2)54(37)45(57)40(53-47(59)61-4)28-6-5-17-62-22-28/h9-10,13-14,18-21,24-25,28,30,36-37,39-40H,5-6,8,12,15-17,22-23H2,1-4H3,(H,48,50)(H,49,51)(H,52,58)(H,53,59)/t24?,25-,28+,30-,36-,37-,39-,40-/m0/s1. The topological polar surface area (TPSA) is 193 Å². The largest absolute Gasteiger partial charge is 0.488 e. The fourth-order valence-corrected chi connectivity index (χ4v) is 10.3. The molecule has 5 aliphatic rings. The molecule has 3 fully saturated rings. The summed E-state index contributed by atoms with van der Waals surface area (Å²) in [4.78, 5) is 73.3. The van der Waals surface area contributed by atoms with Gasteiger partial charge in [-0.05, 0) is 98.7 Å². The minimum absolute atomic E-state index is 0.0502. The fraction of sp³-hybridized carbons (Fsp3) is 0.447. The number of aromatic nitrogens is 4. The summed E-state index contributed by atoms with van der Waals surface area (Å²) in [5.41, 5.74) is 6.51. The molecule has 4 amide bonds. The van der Waals surface area contributed by atoms with Gasteiger partial charge in [-0.1, -0.05) is 30.0 Å². The summed E-state index contributed by atoms with van der Waals surface area (Å²) >= 11 is 0. The van der Waals surface area contributed by atoms with E-state index in [1.807, 2.05) is 24.8 Å². The highest BCUT2D eigenvalue weighted by molar-refractivity contribution is 6.07. The molecule has 8 atom stereocenters. The molecule has 2 aromatic heterocycles. The number of H-pyrrole nitrogens is 2. The van der Waals surface area contributed by atoms with E-state index in [-0.39, 0.29) is 47.8 Å². The maximum atomic E-state index is 14.4. The molecule has 3 aromatic carbocycles. The van der Waals surface area contributed by atoms with Gasteiger partial charge in [0.25, 0.3) is 0 Å². The molecule has 326 valence electrons. The van der Waals surface area contributed by atoms with Gasteiger partial charge in [0.05, 0.1) is 61.9 Å². The number of carbonyl (C=O) groups is 4. The number of benzene rings is 3. The number of hydrogen-bond donors (Lipinski definition) is 4. The van der Waals surface area contributed by atoms with Crippen LogP contribution in [-0.4, -0.2) is 105 Å². The predicted molar refractivity (Wildman–Crippen MR) is 231 cm³/mol. The predicted octanol–water partition coefficient (Wildman–Crippen LogP) is 6.28. The molecule has 0 aliphatic carbocycles. The summed E-state index contributed by atoms with van der Waals surface area (Å²) in [5.74, 6) is 7.66. The van der Waals surface area contributed by atoms with Gasteiger partial charge in [0.2, 0.25) is 11.8 Å². The smallest absolute Gasteiger partial charge is 0.407 e. The zero-order valence-electron chi connectivity index (χ0n) is 35.7. The number of methoxy groups -OCH3 is 2. The lowest BCUT2D eigenvalue weighted by atomic mass is 9.92. The van der Waals surface area contributed by atoms with Crippen LogP contribution in [-0.2, 0) is 30.4 Å². The van der Waals surface area contributed by atoms with Crippen molar-refractivity contribution in [2.75, 3.05) is 27.4 Å². The first-order valence-corrected chi connectivity index (χ1v) is 21.8. The van der Waals surface area contributed by atoms with Crippen molar-refractivity contribution in [1.82, 2.24) is 40.4 Å². The van der Waals surface area contributed by atoms with Gasteiger partial charge < -0.3 is 49.3 Å². The molecule has 4 N–H and O–H groups in total. The number of alkyl carbamates (subject to hydrolysis) is 2. The number of nitrogens with one attached hydrogen (secondary N) is 4. The number of fused-ring (bicyclic) bond motifs is 7. The van der Waals surface area contributed by atoms with E-state index in [4.69, 9.17) is 28.9 Å². The molecule has 0 spiro atoms. The number of hydrogen-bond acceptors (Lipinski definition) is 10. The van der Waals surface area contributed by atoms with Crippen LogP contribution < -0.4 is 15.4 Å². The third-order valence-electron chi connectivity index (χ3n) is 13.6. The summed E-state index contributed by atoms with van der Waals surface area (Å²) in [7, 11) is 2.58. The second kappa shape index (κ2) is 16.3. The third-order valence-corrected chi connectivity index (χ3v) is 13.6. The first-order chi connectivity index (χ1) is 30.6. The van der Waals surface area contributed by atoms with Crippen LogP contribution in [0.4, 0.5) is 9.59 Å². The molecule has 1 unspecified atom stereocenters. The summed E-state index contributed by atoms with van der Waals surface area (Å²) in [6.45, 7) is 5.28. The van der Waals surface area contributed by atoms with Crippen molar-refractivity contribution < 1.29 is 38.1 Å². The Morgan fingerprint density at radius 1 is 0.921 bits per heavy atom. The van der Waals surface area contributed by atoms with Crippen molar-refractivity contribution in [3.8, 4) is 40.0 Å². The van der Waals surface area contributed by atoms with Crippen molar-refractivity contribution in [2.45, 2.75) is 95.2 Å². The average molecular weight is 855 g/mol. The summed E-state index contributed by atoms with van der Waals surface area (Å²) in [5, 5.41) is 7.46. The van der Waals surface area contributed by atoms with Gasteiger partial charge in [-0.3, -0.25) is 9.59 Å². The normalized spacial score (nSPS) is 25.5. The van der Waals surface area contributed by atoms with Crippen LogP contribution in [0.2, 0.25) is 0 Å². The van der Waals surface area contributed by atoms with Crippen molar-refractivity contribution in [2.24, 2.45) is 11.8 Å². The molecule has 63 heavy (non-hydrogen) atoms. The molecular formula is C47H50N8O8. The highest BCUT2D eigenvalue weighted by atomic mass is 16.5. The van der Waals surface area contributed by atoms with Gasteiger partial charge >= 0.3 is 12.2 Å². The van der Waals surface area contributed by atoms with Gasteiger partial charge in [-0.2, -0.15) is 0 Å². The lowest BCUT2D eigenvalue weighted by Crippen LogP contribution is -2.55. The van der Waals surface area contributed by atoms with E-state index >= 15 is 0 Å². The van der Waals surface area contributed by atoms with Crippen LogP contribution in [0.25, 0.3) is 44.2 Å². The quantitative estimate of drug-likeness (QED) is 0.136. The number of rotatable bonds is 7. The minimum atomic E-state index is -0.822. The summed E-state index contributed by atoms with van der Waals surface area (Å²) in [6, 6.07) is 12.1. The number of amides is 4. The molecule has 16 nitrogen and oxygen atoms in total. The zero-order valence-corrected chi connectivity index (χ0v) is 35.7. The van der Waals surface area contributed by atoms with Gasteiger partial charge in [0.1, 0.15) is 36.1 Å². The number of aromatic amines is 2.